The predicted octanol–water partition coefficient (Wildman–Crippen LogP) is 4.50. The number of H-pyrrole nitrogens is 1. The minimum atomic E-state index is 0.338. The highest BCUT2D eigenvalue weighted by Crippen LogP contribution is 2.35. The first-order valence-corrected chi connectivity index (χ1v) is 8.50. The zero-order valence-corrected chi connectivity index (χ0v) is 14.4. The highest BCUT2D eigenvalue weighted by Gasteiger charge is 2.28. The Kier molecular flexibility index (Phi) is 3.15. The number of anilines is 1. The van der Waals surface area contributed by atoms with Crippen LogP contribution >= 0.6 is 15.9 Å². The van der Waals surface area contributed by atoms with Gasteiger partial charge in [0.15, 0.2) is 5.82 Å². The van der Waals surface area contributed by atoms with Crippen LogP contribution in [-0.2, 0) is 0 Å². The molecule has 0 saturated carbocycles. The quantitative estimate of drug-likeness (QED) is 0.696. The maximum atomic E-state index is 4.59. The zero-order valence-electron chi connectivity index (χ0n) is 12.9. The van der Waals surface area contributed by atoms with E-state index in [0.29, 0.717) is 5.41 Å². The van der Waals surface area contributed by atoms with Crippen molar-refractivity contribution in [1.29, 1.82) is 0 Å². The summed E-state index contributed by atoms with van der Waals surface area (Å²) in [7, 11) is 0. The largest absolute Gasteiger partial charge is 0.354 e. The van der Waals surface area contributed by atoms with Gasteiger partial charge in [-0.15, -0.1) is 0 Å². The van der Waals surface area contributed by atoms with E-state index in [1.807, 2.05) is 0 Å². The number of piperidine rings is 1. The van der Waals surface area contributed by atoms with Crippen molar-refractivity contribution in [3.8, 4) is 0 Å². The van der Waals surface area contributed by atoms with E-state index in [9.17, 15) is 0 Å². The van der Waals surface area contributed by atoms with Crippen molar-refractivity contribution in [3.05, 3.63) is 29.0 Å². The summed E-state index contributed by atoms with van der Waals surface area (Å²) in [4.78, 5) is 15.0. The fourth-order valence-electron chi connectivity index (χ4n) is 3.50. The Morgan fingerprint density at radius 2 is 2.14 bits per heavy atom. The molecule has 114 valence electrons. The topological polar surface area (TPSA) is 44.8 Å². The van der Waals surface area contributed by atoms with Gasteiger partial charge >= 0.3 is 0 Å². The highest BCUT2D eigenvalue weighted by molar-refractivity contribution is 9.10. The van der Waals surface area contributed by atoms with E-state index in [-0.39, 0.29) is 0 Å². The van der Waals surface area contributed by atoms with Crippen LogP contribution in [0, 0.1) is 5.41 Å². The summed E-state index contributed by atoms with van der Waals surface area (Å²) in [5, 5.41) is 1.14. The van der Waals surface area contributed by atoms with Crippen LogP contribution in [0.1, 0.15) is 26.7 Å². The van der Waals surface area contributed by atoms with Crippen LogP contribution in [0.5, 0.6) is 0 Å². The van der Waals surface area contributed by atoms with Gasteiger partial charge in [-0.05, 0) is 36.5 Å². The number of nitrogens with one attached hydrogen (secondary N) is 1. The monoisotopic (exact) mass is 358 g/mol. The summed E-state index contributed by atoms with van der Waals surface area (Å²) >= 11 is 3.55. The molecule has 0 atom stereocenters. The Balaban J connectivity index is 1.89. The molecule has 22 heavy (non-hydrogen) atoms. The number of nitrogens with zero attached hydrogens (tertiary/aromatic N) is 3. The second-order valence-electron chi connectivity index (χ2n) is 6.93. The average Bonchev–Trinajstić information content (AvgIpc) is 2.84. The van der Waals surface area contributed by atoms with E-state index in [2.05, 4.69) is 67.8 Å². The molecule has 3 heterocycles. The van der Waals surface area contributed by atoms with Gasteiger partial charge < -0.3 is 9.88 Å². The van der Waals surface area contributed by atoms with Crippen molar-refractivity contribution >= 4 is 43.7 Å². The first-order chi connectivity index (χ1) is 10.5. The molecule has 0 aliphatic carbocycles. The molecule has 3 aromatic rings. The fourth-order valence-corrected chi connectivity index (χ4v) is 3.86. The average molecular weight is 359 g/mol. The van der Waals surface area contributed by atoms with Crippen molar-refractivity contribution in [3.63, 3.8) is 0 Å². The molecule has 1 aliphatic rings. The van der Waals surface area contributed by atoms with Crippen LogP contribution in [0.15, 0.2) is 29.0 Å². The molecule has 0 bridgehead atoms. The number of benzene rings is 1. The molecule has 1 fully saturated rings. The number of rotatable bonds is 1. The fraction of sp³-hybridized carbons (Fsp3) is 0.412. The zero-order chi connectivity index (χ0) is 15.3. The molecule has 2 aromatic heterocycles. The van der Waals surface area contributed by atoms with E-state index in [0.717, 1.165) is 45.3 Å². The second kappa shape index (κ2) is 4.95. The van der Waals surface area contributed by atoms with Gasteiger partial charge in [-0.2, -0.15) is 0 Å². The van der Waals surface area contributed by atoms with Crippen molar-refractivity contribution in [2.45, 2.75) is 26.7 Å². The maximum absolute atomic E-state index is 4.59. The van der Waals surface area contributed by atoms with E-state index >= 15 is 0 Å². The Morgan fingerprint density at radius 3 is 2.95 bits per heavy atom. The van der Waals surface area contributed by atoms with Crippen molar-refractivity contribution in [2.75, 3.05) is 18.0 Å². The normalized spacial score (nSPS) is 18.2. The molecule has 1 saturated heterocycles. The van der Waals surface area contributed by atoms with Gasteiger partial charge in [0.25, 0.3) is 0 Å². The molecule has 0 radical (unpaired) electrons. The Morgan fingerprint density at radius 1 is 1.27 bits per heavy atom. The SMILES string of the molecule is CC1(C)CCCN(c2ncnc3c2[nH]c2ccc(Br)cc23)C1. The summed E-state index contributed by atoms with van der Waals surface area (Å²) in [6.45, 7) is 6.77. The lowest BCUT2D eigenvalue weighted by Crippen LogP contribution is -2.40. The van der Waals surface area contributed by atoms with Gasteiger partial charge in [-0.1, -0.05) is 29.8 Å². The highest BCUT2D eigenvalue weighted by atomic mass is 79.9. The van der Waals surface area contributed by atoms with Gasteiger partial charge in [-0.3, -0.25) is 0 Å². The van der Waals surface area contributed by atoms with Gasteiger partial charge in [0.1, 0.15) is 17.4 Å². The molecule has 1 aromatic carbocycles. The van der Waals surface area contributed by atoms with Crippen molar-refractivity contribution < 1.29 is 0 Å². The van der Waals surface area contributed by atoms with Gasteiger partial charge in [0.2, 0.25) is 0 Å². The van der Waals surface area contributed by atoms with Crippen LogP contribution in [-0.4, -0.2) is 28.0 Å². The van der Waals surface area contributed by atoms with Crippen molar-refractivity contribution in [2.24, 2.45) is 5.41 Å². The first kappa shape index (κ1) is 14.0. The van der Waals surface area contributed by atoms with E-state index in [4.69, 9.17) is 0 Å². The van der Waals surface area contributed by atoms with Crippen LogP contribution in [0.4, 0.5) is 5.82 Å². The smallest absolute Gasteiger partial charge is 0.156 e. The summed E-state index contributed by atoms with van der Waals surface area (Å²) in [6, 6.07) is 6.25. The van der Waals surface area contributed by atoms with Gasteiger partial charge in [0.05, 0.1) is 0 Å². The molecule has 4 rings (SSSR count). The summed E-state index contributed by atoms with van der Waals surface area (Å²) in [5.74, 6) is 1.03. The number of fused-ring (bicyclic) bond motifs is 3. The Labute approximate surface area is 138 Å². The minimum absolute atomic E-state index is 0.338. The van der Waals surface area contributed by atoms with Crippen LogP contribution in [0.25, 0.3) is 21.9 Å². The lowest BCUT2D eigenvalue weighted by molar-refractivity contribution is 0.292. The lowest BCUT2D eigenvalue weighted by atomic mass is 9.84. The lowest BCUT2D eigenvalue weighted by Gasteiger charge is -2.38. The molecule has 0 unspecified atom stereocenters. The third-order valence-electron chi connectivity index (χ3n) is 4.52. The molecule has 1 aliphatic heterocycles. The number of hydrogen-bond acceptors (Lipinski definition) is 3. The van der Waals surface area contributed by atoms with Crippen LogP contribution < -0.4 is 4.90 Å². The Hall–Kier alpha value is -1.62. The van der Waals surface area contributed by atoms with E-state index in [1.165, 1.54) is 12.8 Å². The third kappa shape index (κ3) is 2.28. The number of halogens is 1. The molecule has 0 spiro atoms. The summed E-state index contributed by atoms with van der Waals surface area (Å²) < 4.78 is 1.07. The van der Waals surface area contributed by atoms with Gasteiger partial charge in [-0.25, -0.2) is 9.97 Å². The molecule has 0 amide bonds. The summed E-state index contributed by atoms with van der Waals surface area (Å²) in [5.41, 5.74) is 3.50. The first-order valence-electron chi connectivity index (χ1n) is 7.70. The number of aromatic amines is 1. The Bertz CT molecular complexity index is 852. The third-order valence-corrected chi connectivity index (χ3v) is 5.02. The van der Waals surface area contributed by atoms with Crippen LogP contribution in [0.3, 0.4) is 0 Å². The molecular weight excluding hydrogens is 340 g/mol. The standard InChI is InChI=1S/C17H19BrN4/c1-17(2)6-3-7-22(9-17)16-15-14(19-10-20-16)12-8-11(18)4-5-13(12)21-15/h4-5,8,10,21H,3,6-7,9H2,1-2H3. The molecule has 1 N–H and O–H groups in total. The van der Waals surface area contributed by atoms with Gasteiger partial charge in [0, 0.05) is 28.5 Å². The second-order valence-corrected chi connectivity index (χ2v) is 7.84. The van der Waals surface area contributed by atoms with Crippen molar-refractivity contribution in [1.82, 2.24) is 15.0 Å². The number of hydrogen-bond donors (Lipinski definition) is 1. The predicted molar refractivity (Wildman–Crippen MR) is 94.3 cm³/mol. The minimum Gasteiger partial charge on any atom is -0.354 e. The van der Waals surface area contributed by atoms with Crippen LogP contribution in [0.2, 0.25) is 0 Å². The summed E-state index contributed by atoms with van der Waals surface area (Å²) in [6.07, 6.45) is 4.18. The molecule has 5 heteroatoms. The maximum Gasteiger partial charge on any atom is 0.156 e. The van der Waals surface area contributed by atoms with E-state index < -0.39 is 0 Å². The molecular formula is C17H19BrN4. The van der Waals surface area contributed by atoms with E-state index in [1.54, 1.807) is 6.33 Å². The number of aromatic nitrogens is 3. The molecule has 4 nitrogen and oxygen atoms in total.